The average Bonchev–Trinajstić information content (AvgIpc) is 3.13. The van der Waals surface area contributed by atoms with Gasteiger partial charge < -0.3 is 24.7 Å². The lowest BCUT2D eigenvalue weighted by Crippen LogP contribution is -2.35. The number of likely N-dealkylation sites (tertiary alicyclic amines) is 1. The second-order valence-electron chi connectivity index (χ2n) is 9.26. The molecule has 8 heteroatoms. The van der Waals surface area contributed by atoms with Crippen LogP contribution < -0.4 is 4.74 Å². The molecule has 1 unspecified atom stereocenters. The molecule has 1 aliphatic heterocycles. The summed E-state index contributed by atoms with van der Waals surface area (Å²) in [5, 5.41) is 21.3. The topological polar surface area (TPSA) is 90.3 Å². The molecular formula is C29H29ClN2O5. The molecule has 0 aliphatic carbocycles. The van der Waals surface area contributed by atoms with Gasteiger partial charge in [0.15, 0.2) is 0 Å². The minimum absolute atomic E-state index is 0.0251. The van der Waals surface area contributed by atoms with Crippen LogP contribution in [0, 0.1) is 6.92 Å². The van der Waals surface area contributed by atoms with Crippen molar-refractivity contribution in [3.8, 4) is 11.5 Å². The number of carbonyl (C=O) groups is 2. The first-order chi connectivity index (χ1) is 17.7. The number of likely N-dealkylation sites (N-methyl/N-ethyl adjacent to an activating group) is 1. The highest BCUT2D eigenvalue weighted by atomic mass is 35.5. The number of phenols is 1. The number of aliphatic hydroxyl groups excluding tert-OH is 1. The van der Waals surface area contributed by atoms with Gasteiger partial charge in [-0.2, -0.15) is 0 Å². The van der Waals surface area contributed by atoms with Crippen molar-refractivity contribution in [2.75, 3.05) is 27.2 Å². The molecule has 1 heterocycles. The fourth-order valence-corrected chi connectivity index (χ4v) is 4.50. The smallest absolute Gasteiger partial charge is 0.295 e. The lowest BCUT2D eigenvalue weighted by molar-refractivity contribution is -0.140. The molecule has 3 aromatic carbocycles. The highest BCUT2D eigenvalue weighted by molar-refractivity contribution is 6.46. The average molecular weight is 521 g/mol. The van der Waals surface area contributed by atoms with Crippen LogP contribution in [0.3, 0.4) is 0 Å². The number of hydrogen-bond acceptors (Lipinski definition) is 6. The van der Waals surface area contributed by atoms with Gasteiger partial charge in [-0.3, -0.25) is 9.59 Å². The monoisotopic (exact) mass is 520 g/mol. The van der Waals surface area contributed by atoms with Gasteiger partial charge in [-0.1, -0.05) is 48.0 Å². The summed E-state index contributed by atoms with van der Waals surface area (Å²) in [5.74, 6) is -1.21. The molecule has 0 radical (unpaired) electrons. The SMILES string of the molecule is Cc1cc(/C(O)=C2/C(=O)C(=O)N(CCN(C)C)C2c2ccc(O)c(Cl)c2)ccc1OCc1ccccc1. The van der Waals surface area contributed by atoms with Crippen LogP contribution >= 0.6 is 11.6 Å². The molecule has 7 nitrogen and oxygen atoms in total. The normalized spacial score (nSPS) is 17.0. The van der Waals surface area contributed by atoms with E-state index in [2.05, 4.69) is 0 Å². The number of carbonyl (C=O) groups excluding carboxylic acids is 2. The van der Waals surface area contributed by atoms with Gasteiger partial charge in [-0.25, -0.2) is 0 Å². The molecule has 0 bridgehead atoms. The third-order valence-corrected chi connectivity index (χ3v) is 6.60. The lowest BCUT2D eigenvalue weighted by atomic mass is 9.94. The van der Waals surface area contributed by atoms with Crippen LogP contribution in [0.4, 0.5) is 0 Å². The first-order valence-corrected chi connectivity index (χ1v) is 12.2. The van der Waals surface area contributed by atoms with Crippen molar-refractivity contribution in [2.24, 2.45) is 0 Å². The minimum Gasteiger partial charge on any atom is -0.507 e. The van der Waals surface area contributed by atoms with Crippen molar-refractivity contribution in [3.63, 3.8) is 0 Å². The van der Waals surface area contributed by atoms with Crippen molar-refractivity contribution in [1.29, 1.82) is 0 Å². The maximum atomic E-state index is 13.2. The highest BCUT2D eigenvalue weighted by Crippen LogP contribution is 2.41. The Morgan fingerprint density at radius 3 is 2.43 bits per heavy atom. The standard InChI is InChI=1S/C29H29ClN2O5/c1-18-15-21(10-12-24(18)37-17-19-7-5-4-6-8-19)27(34)25-26(20-9-11-23(33)22(30)16-20)32(14-13-31(2)3)29(36)28(25)35/h4-12,15-16,26,33-34H,13-14,17H2,1-3H3/b27-25-. The van der Waals surface area contributed by atoms with Crippen molar-refractivity contribution in [1.82, 2.24) is 9.80 Å². The third kappa shape index (κ3) is 5.63. The first kappa shape index (κ1) is 26.3. The Labute approximate surface area is 221 Å². The molecule has 2 N–H and O–H groups in total. The maximum Gasteiger partial charge on any atom is 0.295 e. The fourth-order valence-electron chi connectivity index (χ4n) is 4.31. The number of amides is 1. The van der Waals surface area contributed by atoms with E-state index >= 15 is 0 Å². The number of benzene rings is 3. The van der Waals surface area contributed by atoms with Gasteiger partial charge >= 0.3 is 0 Å². The number of Topliss-reactive ketones (excluding diaryl/α,β-unsaturated/α-hetero) is 1. The van der Waals surface area contributed by atoms with Gasteiger partial charge in [-0.05, 0) is 68.0 Å². The Morgan fingerprint density at radius 2 is 1.78 bits per heavy atom. The zero-order valence-corrected chi connectivity index (χ0v) is 21.7. The fraction of sp³-hybridized carbons (Fsp3) is 0.241. The quantitative estimate of drug-likeness (QED) is 0.249. The molecular weight excluding hydrogens is 492 g/mol. The maximum absolute atomic E-state index is 13.2. The summed E-state index contributed by atoms with van der Waals surface area (Å²) in [4.78, 5) is 29.6. The molecule has 37 heavy (non-hydrogen) atoms. The zero-order chi connectivity index (χ0) is 26.7. The predicted molar refractivity (Wildman–Crippen MR) is 143 cm³/mol. The Kier molecular flexibility index (Phi) is 7.86. The van der Waals surface area contributed by atoms with Gasteiger partial charge in [0.1, 0.15) is 23.9 Å². The summed E-state index contributed by atoms with van der Waals surface area (Å²) in [6.45, 7) is 3.03. The predicted octanol–water partition coefficient (Wildman–Crippen LogP) is 4.92. The van der Waals surface area contributed by atoms with E-state index in [1.807, 2.05) is 56.3 Å². The summed E-state index contributed by atoms with van der Waals surface area (Å²) in [7, 11) is 3.74. The summed E-state index contributed by atoms with van der Waals surface area (Å²) in [6, 6.07) is 18.6. The number of aromatic hydroxyl groups is 1. The zero-order valence-electron chi connectivity index (χ0n) is 20.9. The number of halogens is 1. The number of hydrogen-bond donors (Lipinski definition) is 2. The molecule has 1 atom stereocenters. The molecule has 0 saturated carbocycles. The lowest BCUT2D eigenvalue weighted by Gasteiger charge is -2.26. The van der Waals surface area contributed by atoms with E-state index in [0.29, 0.717) is 30.0 Å². The molecule has 1 amide bonds. The minimum atomic E-state index is -0.854. The molecule has 4 rings (SSSR count). The van der Waals surface area contributed by atoms with E-state index in [1.165, 1.54) is 17.0 Å². The Morgan fingerprint density at radius 1 is 1.05 bits per heavy atom. The van der Waals surface area contributed by atoms with E-state index in [1.54, 1.807) is 24.3 Å². The van der Waals surface area contributed by atoms with Gasteiger partial charge in [0, 0.05) is 18.7 Å². The highest BCUT2D eigenvalue weighted by Gasteiger charge is 2.46. The van der Waals surface area contributed by atoms with Gasteiger partial charge in [0.05, 0.1) is 16.6 Å². The second kappa shape index (κ2) is 11.1. The number of nitrogens with zero attached hydrogens (tertiary/aromatic N) is 2. The molecule has 0 aromatic heterocycles. The Bertz CT molecular complexity index is 1350. The number of rotatable bonds is 8. The van der Waals surface area contributed by atoms with Crippen LogP contribution in [0.25, 0.3) is 5.76 Å². The van der Waals surface area contributed by atoms with Crippen LogP contribution in [-0.2, 0) is 16.2 Å². The van der Waals surface area contributed by atoms with Gasteiger partial charge in [-0.15, -0.1) is 0 Å². The van der Waals surface area contributed by atoms with E-state index in [-0.39, 0.29) is 28.6 Å². The second-order valence-corrected chi connectivity index (χ2v) is 9.67. The van der Waals surface area contributed by atoms with Crippen LogP contribution in [-0.4, -0.2) is 58.9 Å². The Balaban J connectivity index is 1.72. The molecule has 0 spiro atoms. The third-order valence-electron chi connectivity index (χ3n) is 6.30. The molecule has 192 valence electrons. The number of ether oxygens (including phenoxy) is 1. The van der Waals surface area contributed by atoms with Crippen LogP contribution in [0.2, 0.25) is 5.02 Å². The van der Waals surface area contributed by atoms with E-state index in [4.69, 9.17) is 16.3 Å². The molecule has 3 aromatic rings. The van der Waals surface area contributed by atoms with Crippen molar-refractivity contribution < 1.29 is 24.5 Å². The number of phenolic OH excluding ortho intramolecular Hbond substituents is 1. The van der Waals surface area contributed by atoms with E-state index in [9.17, 15) is 19.8 Å². The van der Waals surface area contributed by atoms with Gasteiger partial charge in [0.2, 0.25) is 0 Å². The van der Waals surface area contributed by atoms with E-state index < -0.39 is 17.7 Å². The summed E-state index contributed by atoms with van der Waals surface area (Å²) in [5.41, 5.74) is 2.68. The number of aryl methyl sites for hydroxylation is 1. The van der Waals surface area contributed by atoms with Crippen molar-refractivity contribution in [3.05, 3.63) is 99.6 Å². The van der Waals surface area contributed by atoms with Crippen molar-refractivity contribution in [2.45, 2.75) is 19.6 Å². The van der Waals surface area contributed by atoms with Crippen molar-refractivity contribution >= 4 is 29.1 Å². The van der Waals surface area contributed by atoms with Crippen LogP contribution in [0.5, 0.6) is 11.5 Å². The van der Waals surface area contributed by atoms with E-state index in [0.717, 1.165) is 11.1 Å². The molecule has 1 fully saturated rings. The summed E-state index contributed by atoms with van der Waals surface area (Å²) < 4.78 is 5.94. The number of ketones is 1. The summed E-state index contributed by atoms with van der Waals surface area (Å²) >= 11 is 6.16. The van der Waals surface area contributed by atoms with Crippen LogP contribution in [0.15, 0.2) is 72.3 Å². The first-order valence-electron chi connectivity index (χ1n) is 11.9. The molecule has 1 aliphatic rings. The number of aliphatic hydroxyl groups is 1. The largest absolute Gasteiger partial charge is 0.507 e. The summed E-state index contributed by atoms with van der Waals surface area (Å²) in [6.07, 6.45) is 0. The molecule has 1 saturated heterocycles. The Hall–Kier alpha value is -3.81. The van der Waals surface area contributed by atoms with Gasteiger partial charge in [0.25, 0.3) is 11.7 Å². The van der Waals surface area contributed by atoms with Crippen LogP contribution in [0.1, 0.15) is 28.3 Å².